The zero-order chi connectivity index (χ0) is 11.1. The van der Waals surface area contributed by atoms with Crippen molar-refractivity contribution in [1.82, 2.24) is 0 Å². The maximum absolute atomic E-state index is 13.6. The van der Waals surface area contributed by atoms with Crippen LogP contribution in [0.4, 0.5) is 15.8 Å². The van der Waals surface area contributed by atoms with Crippen molar-refractivity contribution in [3.05, 3.63) is 24.0 Å². The predicted molar refractivity (Wildman–Crippen MR) is 60.7 cm³/mol. The van der Waals surface area contributed by atoms with E-state index in [9.17, 15) is 4.39 Å². The molecule has 0 saturated carbocycles. The van der Waals surface area contributed by atoms with E-state index < -0.39 is 0 Å². The van der Waals surface area contributed by atoms with Gasteiger partial charge in [0.1, 0.15) is 5.82 Å². The average molecular weight is 222 g/mol. The lowest BCUT2D eigenvalue weighted by Crippen LogP contribution is -2.30. The van der Waals surface area contributed by atoms with Crippen molar-refractivity contribution >= 4 is 11.4 Å². The topological polar surface area (TPSA) is 47.3 Å². The first-order chi connectivity index (χ1) is 7.72. The van der Waals surface area contributed by atoms with E-state index in [0.717, 1.165) is 19.3 Å². The smallest absolute Gasteiger partial charge is 0.148 e. The van der Waals surface area contributed by atoms with Crippen LogP contribution in [-0.4, -0.2) is 18.2 Å². The number of hydrogen-bond donors (Lipinski definition) is 2. The Hall–Kier alpha value is -1.29. The van der Waals surface area contributed by atoms with Crippen molar-refractivity contribution in [2.24, 2.45) is 0 Å². The number of fused-ring (bicyclic) bond motifs is 2. The van der Waals surface area contributed by atoms with Crippen molar-refractivity contribution in [3.63, 3.8) is 0 Å². The molecule has 3 unspecified atom stereocenters. The summed E-state index contributed by atoms with van der Waals surface area (Å²) in [4.78, 5) is 0. The molecular weight excluding hydrogens is 207 g/mol. The molecule has 2 aliphatic rings. The second-order valence-corrected chi connectivity index (χ2v) is 4.60. The van der Waals surface area contributed by atoms with Gasteiger partial charge in [0.05, 0.1) is 23.9 Å². The van der Waals surface area contributed by atoms with E-state index in [-0.39, 0.29) is 18.0 Å². The SMILES string of the molecule is Nc1ccc(NC2CC3CCC2O3)c(F)c1. The second-order valence-electron chi connectivity index (χ2n) is 4.60. The number of rotatable bonds is 2. The summed E-state index contributed by atoms with van der Waals surface area (Å²) in [6.45, 7) is 0. The fraction of sp³-hybridized carbons (Fsp3) is 0.500. The largest absolute Gasteiger partial charge is 0.399 e. The lowest BCUT2D eigenvalue weighted by Gasteiger charge is -2.21. The lowest BCUT2D eigenvalue weighted by molar-refractivity contribution is 0.102. The molecule has 3 N–H and O–H groups in total. The van der Waals surface area contributed by atoms with Gasteiger partial charge in [-0.3, -0.25) is 0 Å². The van der Waals surface area contributed by atoms with Gasteiger partial charge in [0.15, 0.2) is 0 Å². The number of nitrogens with one attached hydrogen (secondary N) is 1. The van der Waals surface area contributed by atoms with Gasteiger partial charge in [0, 0.05) is 5.69 Å². The molecule has 3 rings (SSSR count). The van der Waals surface area contributed by atoms with Crippen LogP contribution in [0, 0.1) is 5.82 Å². The molecule has 2 saturated heterocycles. The summed E-state index contributed by atoms with van der Waals surface area (Å²) in [5.74, 6) is -0.289. The van der Waals surface area contributed by atoms with Crippen LogP contribution in [0.25, 0.3) is 0 Å². The molecule has 3 nitrogen and oxygen atoms in total. The average Bonchev–Trinajstić information content (AvgIpc) is 2.84. The molecule has 2 heterocycles. The molecule has 2 fully saturated rings. The van der Waals surface area contributed by atoms with E-state index in [1.54, 1.807) is 12.1 Å². The Morgan fingerprint density at radius 2 is 2.25 bits per heavy atom. The molecule has 0 radical (unpaired) electrons. The molecule has 0 aliphatic carbocycles. The molecule has 16 heavy (non-hydrogen) atoms. The summed E-state index contributed by atoms with van der Waals surface area (Å²) < 4.78 is 19.3. The van der Waals surface area contributed by atoms with Gasteiger partial charge < -0.3 is 15.8 Å². The van der Waals surface area contributed by atoms with Gasteiger partial charge in [-0.1, -0.05) is 0 Å². The number of halogens is 1. The van der Waals surface area contributed by atoms with Crippen LogP contribution in [0.5, 0.6) is 0 Å². The van der Waals surface area contributed by atoms with Crippen LogP contribution < -0.4 is 11.1 Å². The van der Waals surface area contributed by atoms with Crippen molar-refractivity contribution < 1.29 is 9.13 Å². The number of anilines is 2. The fourth-order valence-electron chi connectivity index (χ4n) is 2.64. The van der Waals surface area contributed by atoms with E-state index in [4.69, 9.17) is 10.5 Å². The summed E-state index contributed by atoms with van der Waals surface area (Å²) in [6.07, 6.45) is 3.84. The molecule has 0 amide bonds. The fourth-order valence-corrected chi connectivity index (χ4v) is 2.64. The quantitative estimate of drug-likeness (QED) is 0.754. The summed E-state index contributed by atoms with van der Waals surface area (Å²) in [7, 11) is 0. The van der Waals surface area contributed by atoms with Gasteiger partial charge in [0.25, 0.3) is 0 Å². The molecule has 86 valence electrons. The van der Waals surface area contributed by atoms with Crippen LogP contribution >= 0.6 is 0 Å². The third-order valence-electron chi connectivity index (χ3n) is 3.44. The van der Waals surface area contributed by atoms with E-state index >= 15 is 0 Å². The highest BCUT2D eigenvalue weighted by atomic mass is 19.1. The maximum Gasteiger partial charge on any atom is 0.148 e. The van der Waals surface area contributed by atoms with Crippen LogP contribution in [0.1, 0.15) is 19.3 Å². The van der Waals surface area contributed by atoms with Crippen LogP contribution in [0.2, 0.25) is 0 Å². The Morgan fingerprint density at radius 1 is 1.38 bits per heavy atom. The number of nitrogen functional groups attached to an aromatic ring is 1. The molecule has 2 bridgehead atoms. The molecule has 0 aromatic heterocycles. The summed E-state index contributed by atoms with van der Waals surface area (Å²) in [6, 6.07) is 4.99. The predicted octanol–water partition coefficient (Wildman–Crippen LogP) is 2.14. The Kier molecular flexibility index (Phi) is 2.24. The van der Waals surface area contributed by atoms with Crippen LogP contribution in [-0.2, 0) is 4.74 Å². The third kappa shape index (κ3) is 1.63. The Balaban J connectivity index is 1.74. The van der Waals surface area contributed by atoms with Crippen molar-refractivity contribution in [2.45, 2.75) is 37.5 Å². The van der Waals surface area contributed by atoms with Gasteiger partial charge in [-0.05, 0) is 37.5 Å². The Bertz CT molecular complexity index is 410. The number of ether oxygens (including phenoxy) is 1. The first kappa shape index (κ1) is 9.90. The van der Waals surface area contributed by atoms with E-state index in [1.807, 2.05) is 0 Å². The molecule has 2 aliphatic heterocycles. The first-order valence-corrected chi connectivity index (χ1v) is 5.69. The van der Waals surface area contributed by atoms with Crippen LogP contribution in [0.15, 0.2) is 18.2 Å². The van der Waals surface area contributed by atoms with E-state index in [2.05, 4.69) is 5.32 Å². The van der Waals surface area contributed by atoms with Gasteiger partial charge >= 0.3 is 0 Å². The van der Waals surface area contributed by atoms with Crippen molar-refractivity contribution in [1.29, 1.82) is 0 Å². The second kappa shape index (κ2) is 3.63. The zero-order valence-corrected chi connectivity index (χ0v) is 8.95. The molecule has 1 aromatic rings. The summed E-state index contributed by atoms with van der Waals surface area (Å²) in [5.41, 5.74) is 6.48. The van der Waals surface area contributed by atoms with Gasteiger partial charge in [0.2, 0.25) is 0 Å². The minimum atomic E-state index is -0.289. The van der Waals surface area contributed by atoms with Gasteiger partial charge in [-0.15, -0.1) is 0 Å². The van der Waals surface area contributed by atoms with Crippen molar-refractivity contribution in [3.8, 4) is 0 Å². The molecule has 0 spiro atoms. The minimum absolute atomic E-state index is 0.247. The molecule has 4 heteroatoms. The van der Waals surface area contributed by atoms with E-state index in [1.165, 1.54) is 6.07 Å². The van der Waals surface area contributed by atoms with Gasteiger partial charge in [-0.2, -0.15) is 0 Å². The zero-order valence-electron chi connectivity index (χ0n) is 8.95. The van der Waals surface area contributed by atoms with E-state index in [0.29, 0.717) is 17.5 Å². The normalized spacial score (nSPS) is 31.9. The molecular formula is C12H15FN2O. The highest BCUT2D eigenvalue weighted by Crippen LogP contribution is 2.36. The standard InChI is InChI=1S/C12H15FN2O/c13-9-5-7(14)1-3-10(9)15-11-6-8-2-4-12(11)16-8/h1,3,5,8,11-12,15H,2,4,6,14H2. The monoisotopic (exact) mass is 222 g/mol. The van der Waals surface area contributed by atoms with Crippen molar-refractivity contribution in [2.75, 3.05) is 11.1 Å². The number of benzene rings is 1. The third-order valence-corrected chi connectivity index (χ3v) is 3.44. The first-order valence-electron chi connectivity index (χ1n) is 5.69. The summed E-state index contributed by atoms with van der Waals surface area (Å²) >= 11 is 0. The number of nitrogens with two attached hydrogens (primary N) is 1. The lowest BCUT2D eigenvalue weighted by atomic mass is 9.95. The Morgan fingerprint density at radius 3 is 2.88 bits per heavy atom. The summed E-state index contributed by atoms with van der Waals surface area (Å²) in [5, 5.41) is 3.21. The highest BCUT2D eigenvalue weighted by Gasteiger charge is 2.40. The highest BCUT2D eigenvalue weighted by molar-refractivity contribution is 5.53. The van der Waals surface area contributed by atoms with Gasteiger partial charge in [-0.25, -0.2) is 4.39 Å². The van der Waals surface area contributed by atoms with Crippen LogP contribution in [0.3, 0.4) is 0 Å². The maximum atomic E-state index is 13.6. The number of hydrogen-bond acceptors (Lipinski definition) is 3. The minimum Gasteiger partial charge on any atom is -0.399 e. The molecule has 3 atom stereocenters. The molecule has 1 aromatic carbocycles. The Labute approximate surface area is 93.8 Å².